The van der Waals surface area contributed by atoms with Gasteiger partial charge in [0.15, 0.2) is 0 Å². The summed E-state index contributed by atoms with van der Waals surface area (Å²) in [5.74, 6) is 1.36. The smallest absolute Gasteiger partial charge is 0.255 e. The van der Waals surface area contributed by atoms with Gasteiger partial charge in [-0.2, -0.15) is 0 Å². The van der Waals surface area contributed by atoms with Crippen LogP contribution >= 0.6 is 0 Å². The van der Waals surface area contributed by atoms with Gasteiger partial charge in [0.1, 0.15) is 18.2 Å². The molecule has 1 atom stereocenters. The van der Waals surface area contributed by atoms with Crippen molar-refractivity contribution in [3.63, 3.8) is 0 Å². The Balaban J connectivity index is 1.29. The van der Waals surface area contributed by atoms with E-state index in [-0.39, 0.29) is 11.7 Å². The van der Waals surface area contributed by atoms with Crippen LogP contribution in [0.2, 0.25) is 0 Å². The molecule has 2 aromatic heterocycles. The summed E-state index contributed by atoms with van der Waals surface area (Å²) >= 11 is 0. The quantitative estimate of drug-likeness (QED) is 0.348. The summed E-state index contributed by atoms with van der Waals surface area (Å²) < 4.78 is 13.6. The first-order chi connectivity index (χ1) is 19.6. The summed E-state index contributed by atoms with van der Waals surface area (Å²) in [6.07, 6.45) is 5.42. The molecule has 0 aliphatic carbocycles. The van der Waals surface area contributed by atoms with Gasteiger partial charge >= 0.3 is 0 Å². The number of methoxy groups -OCH3 is 1. The number of benzene rings is 2. The van der Waals surface area contributed by atoms with Gasteiger partial charge in [-0.25, -0.2) is 15.0 Å². The van der Waals surface area contributed by atoms with Gasteiger partial charge in [-0.1, -0.05) is 24.3 Å². The molecule has 2 aromatic carbocycles. The Morgan fingerprint density at radius 1 is 1.00 bits per heavy atom. The first kappa shape index (κ1) is 26.2. The number of hydrogen-bond donors (Lipinski definition) is 0. The molecule has 2 saturated heterocycles. The van der Waals surface area contributed by atoms with Gasteiger partial charge in [0.05, 0.1) is 31.6 Å². The largest absolute Gasteiger partial charge is 0.496 e. The molecule has 0 bridgehead atoms. The molecule has 0 saturated carbocycles. The third-order valence-corrected chi connectivity index (χ3v) is 7.75. The Labute approximate surface area is 234 Å². The molecule has 4 heterocycles. The SMILES string of the molecule is COc1ccc(-c2cccc(CN3CCCC3)c2)cc1C1CN(c2nc(-c3ccncn3)cc(=O)n2C)CCO1. The predicted octanol–water partition coefficient (Wildman–Crippen LogP) is 4.09. The molecular formula is C31H34N6O3. The van der Waals surface area contributed by atoms with Gasteiger partial charge in [0.25, 0.3) is 5.56 Å². The van der Waals surface area contributed by atoms with Crippen LogP contribution in [0.3, 0.4) is 0 Å². The summed E-state index contributed by atoms with van der Waals surface area (Å²) in [6, 6.07) is 18.4. The molecule has 0 amide bonds. The second-order valence-corrected chi connectivity index (χ2v) is 10.4. The van der Waals surface area contributed by atoms with E-state index in [1.807, 2.05) is 6.07 Å². The van der Waals surface area contributed by atoms with E-state index < -0.39 is 0 Å². The van der Waals surface area contributed by atoms with Crippen molar-refractivity contribution >= 4 is 5.95 Å². The molecule has 4 aromatic rings. The zero-order chi connectivity index (χ0) is 27.5. The Morgan fingerprint density at radius 2 is 1.85 bits per heavy atom. The molecule has 40 heavy (non-hydrogen) atoms. The topological polar surface area (TPSA) is 85.6 Å². The molecule has 2 aliphatic rings. The van der Waals surface area contributed by atoms with Crippen LogP contribution in [-0.2, 0) is 18.3 Å². The molecule has 206 valence electrons. The minimum absolute atomic E-state index is 0.143. The van der Waals surface area contributed by atoms with Gasteiger partial charge in [0, 0.05) is 38.0 Å². The fourth-order valence-corrected chi connectivity index (χ4v) is 5.62. The lowest BCUT2D eigenvalue weighted by Gasteiger charge is -2.35. The van der Waals surface area contributed by atoms with Crippen LogP contribution in [-0.4, -0.2) is 64.3 Å². The van der Waals surface area contributed by atoms with Crippen LogP contribution < -0.4 is 15.2 Å². The third kappa shape index (κ3) is 5.48. The van der Waals surface area contributed by atoms with E-state index in [1.54, 1.807) is 31.0 Å². The van der Waals surface area contributed by atoms with E-state index in [0.717, 1.165) is 23.4 Å². The van der Waals surface area contributed by atoms with Crippen molar-refractivity contribution in [3.05, 3.63) is 88.6 Å². The second-order valence-electron chi connectivity index (χ2n) is 10.4. The molecular weight excluding hydrogens is 504 g/mol. The van der Waals surface area contributed by atoms with Crippen molar-refractivity contribution in [1.82, 2.24) is 24.4 Å². The van der Waals surface area contributed by atoms with E-state index in [0.29, 0.717) is 37.0 Å². The number of anilines is 1. The summed E-state index contributed by atoms with van der Waals surface area (Å²) in [5.41, 5.74) is 5.59. The number of nitrogens with zero attached hydrogens (tertiary/aromatic N) is 6. The van der Waals surface area contributed by atoms with E-state index >= 15 is 0 Å². The molecule has 2 aliphatic heterocycles. The maximum absolute atomic E-state index is 12.9. The van der Waals surface area contributed by atoms with Crippen molar-refractivity contribution in [1.29, 1.82) is 0 Å². The average Bonchev–Trinajstić information content (AvgIpc) is 3.52. The van der Waals surface area contributed by atoms with Gasteiger partial charge in [-0.05, 0) is 66.9 Å². The molecule has 9 heteroatoms. The minimum Gasteiger partial charge on any atom is -0.496 e. The van der Waals surface area contributed by atoms with Crippen molar-refractivity contribution in [2.75, 3.05) is 44.8 Å². The monoisotopic (exact) mass is 538 g/mol. The third-order valence-electron chi connectivity index (χ3n) is 7.75. The zero-order valence-electron chi connectivity index (χ0n) is 23.0. The van der Waals surface area contributed by atoms with E-state index in [9.17, 15) is 4.79 Å². The zero-order valence-corrected chi connectivity index (χ0v) is 23.0. The molecule has 2 fully saturated rings. The number of morpholine rings is 1. The predicted molar refractivity (Wildman–Crippen MR) is 154 cm³/mol. The summed E-state index contributed by atoms with van der Waals surface area (Å²) in [6.45, 7) is 4.98. The highest BCUT2D eigenvalue weighted by Crippen LogP contribution is 2.35. The van der Waals surface area contributed by atoms with E-state index in [4.69, 9.17) is 14.5 Å². The second kappa shape index (κ2) is 11.6. The van der Waals surface area contributed by atoms with Gasteiger partial charge < -0.3 is 14.4 Å². The lowest BCUT2D eigenvalue weighted by atomic mass is 9.97. The van der Waals surface area contributed by atoms with Crippen molar-refractivity contribution in [2.45, 2.75) is 25.5 Å². The summed E-state index contributed by atoms with van der Waals surface area (Å²) in [5, 5.41) is 0. The summed E-state index contributed by atoms with van der Waals surface area (Å²) in [7, 11) is 3.43. The first-order valence-corrected chi connectivity index (χ1v) is 13.8. The van der Waals surface area contributed by atoms with Crippen LogP contribution in [0.15, 0.2) is 71.9 Å². The molecule has 6 rings (SSSR count). The molecule has 0 spiro atoms. The molecule has 0 N–H and O–H groups in total. The molecule has 9 nitrogen and oxygen atoms in total. The van der Waals surface area contributed by atoms with Gasteiger partial charge in [0.2, 0.25) is 5.95 Å². The Hall–Kier alpha value is -4.08. The Bertz CT molecular complexity index is 1530. The van der Waals surface area contributed by atoms with Crippen LogP contribution in [0.5, 0.6) is 5.75 Å². The number of likely N-dealkylation sites (tertiary alicyclic amines) is 1. The first-order valence-electron chi connectivity index (χ1n) is 13.8. The minimum atomic E-state index is -0.254. The Kier molecular flexibility index (Phi) is 7.57. The van der Waals surface area contributed by atoms with Crippen molar-refractivity contribution in [2.24, 2.45) is 7.05 Å². The lowest BCUT2D eigenvalue weighted by Crippen LogP contribution is -2.41. The molecule has 0 radical (unpaired) electrons. The van der Waals surface area contributed by atoms with Crippen LogP contribution in [0.1, 0.15) is 30.1 Å². The van der Waals surface area contributed by atoms with E-state index in [2.05, 4.69) is 56.2 Å². The average molecular weight is 539 g/mol. The maximum atomic E-state index is 12.9. The normalized spacial score (nSPS) is 17.8. The highest BCUT2D eigenvalue weighted by molar-refractivity contribution is 5.67. The van der Waals surface area contributed by atoms with Crippen molar-refractivity contribution < 1.29 is 9.47 Å². The number of hydrogen-bond acceptors (Lipinski definition) is 8. The van der Waals surface area contributed by atoms with Crippen LogP contribution in [0.4, 0.5) is 5.95 Å². The highest BCUT2D eigenvalue weighted by Gasteiger charge is 2.28. The standard InChI is InChI=1S/C31H34N6O3/c1-35-30(38)18-27(26-10-11-32-21-33-26)34-31(35)37-14-15-40-29(20-37)25-17-24(8-9-28(25)39-2)23-7-5-6-22(16-23)19-36-12-3-4-13-36/h5-11,16-18,21,29H,3-4,12-15,19-20H2,1-2H3. The summed E-state index contributed by atoms with van der Waals surface area (Å²) in [4.78, 5) is 30.6. The van der Waals surface area contributed by atoms with Crippen LogP contribution in [0.25, 0.3) is 22.5 Å². The van der Waals surface area contributed by atoms with Gasteiger partial charge in [-0.3, -0.25) is 14.3 Å². The van der Waals surface area contributed by atoms with Crippen molar-refractivity contribution in [3.8, 4) is 28.3 Å². The van der Waals surface area contributed by atoms with E-state index in [1.165, 1.54) is 49.5 Å². The Morgan fingerprint density at radius 3 is 2.65 bits per heavy atom. The fourth-order valence-electron chi connectivity index (χ4n) is 5.62. The maximum Gasteiger partial charge on any atom is 0.255 e. The van der Waals surface area contributed by atoms with Gasteiger partial charge in [-0.15, -0.1) is 0 Å². The number of ether oxygens (including phenoxy) is 2. The number of rotatable bonds is 7. The number of aromatic nitrogens is 4. The fraction of sp³-hybridized carbons (Fsp3) is 0.355. The lowest BCUT2D eigenvalue weighted by molar-refractivity contribution is 0.0375. The highest BCUT2D eigenvalue weighted by atomic mass is 16.5. The molecule has 1 unspecified atom stereocenters. The van der Waals surface area contributed by atoms with Crippen LogP contribution in [0, 0.1) is 0 Å².